The third kappa shape index (κ3) is 4.44. The van der Waals surface area contributed by atoms with Gasteiger partial charge < -0.3 is 16.2 Å². The number of alkyl halides is 3. The summed E-state index contributed by atoms with van der Waals surface area (Å²) < 4.78 is 43.3. The van der Waals surface area contributed by atoms with Gasteiger partial charge in [0.2, 0.25) is 0 Å². The summed E-state index contributed by atoms with van der Waals surface area (Å²) in [6.45, 7) is 0.116. The van der Waals surface area contributed by atoms with E-state index in [1.807, 2.05) is 0 Å². The molecule has 0 aliphatic rings. The third-order valence-corrected chi connectivity index (χ3v) is 3.77. The molecular formula is C19H15F3N4O2. The summed E-state index contributed by atoms with van der Waals surface area (Å²) in [6, 6.07) is 12.3. The standard InChI is InChI=1S/C19H15F3N4O2/c20-19(21,22)12-3-7-15(8-4-12)28-14-5-1-11(2-6-14)18-25-13(10-23)9-16(26-18)17(24)27/h1-9H,10,23H2,(H2,24,27). The number of halogens is 3. The Morgan fingerprint density at radius 1 is 0.964 bits per heavy atom. The van der Waals surface area contributed by atoms with Crippen molar-refractivity contribution in [2.45, 2.75) is 12.7 Å². The van der Waals surface area contributed by atoms with E-state index in [-0.39, 0.29) is 23.8 Å². The second-order valence-electron chi connectivity index (χ2n) is 5.79. The van der Waals surface area contributed by atoms with E-state index in [0.717, 1.165) is 12.1 Å². The highest BCUT2D eigenvalue weighted by Gasteiger charge is 2.30. The van der Waals surface area contributed by atoms with Crippen LogP contribution >= 0.6 is 0 Å². The molecule has 6 nitrogen and oxygen atoms in total. The molecule has 1 aromatic heterocycles. The molecular weight excluding hydrogens is 373 g/mol. The zero-order chi connectivity index (χ0) is 20.3. The maximum atomic E-state index is 12.6. The molecule has 28 heavy (non-hydrogen) atoms. The fraction of sp³-hybridized carbons (Fsp3) is 0.105. The minimum Gasteiger partial charge on any atom is -0.457 e. The topological polar surface area (TPSA) is 104 Å². The maximum Gasteiger partial charge on any atom is 0.416 e. The van der Waals surface area contributed by atoms with E-state index in [2.05, 4.69) is 9.97 Å². The number of amides is 1. The quantitative estimate of drug-likeness (QED) is 0.696. The highest BCUT2D eigenvalue weighted by atomic mass is 19.4. The average Bonchev–Trinajstić information content (AvgIpc) is 2.68. The van der Waals surface area contributed by atoms with Crippen molar-refractivity contribution < 1.29 is 22.7 Å². The molecule has 0 aliphatic carbocycles. The monoisotopic (exact) mass is 388 g/mol. The lowest BCUT2D eigenvalue weighted by Crippen LogP contribution is -2.15. The molecule has 9 heteroatoms. The lowest BCUT2D eigenvalue weighted by Gasteiger charge is -2.10. The first-order valence-electron chi connectivity index (χ1n) is 8.09. The number of carbonyl (C=O) groups excluding carboxylic acids is 1. The largest absolute Gasteiger partial charge is 0.457 e. The summed E-state index contributed by atoms with van der Waals surface area (Å²) in [7, 11) is 0. The van der Waals surface area contributed by atoms with E-state index in [4.69, 9.17) is 16.2 Å². The zero-order valence-electron chi connectivity index (χ0n) is 14.4. The maximum absolute atomic E-state index is 12.6. The molecule has 0 unspecified atom stereocenters. The van der Waals surface area contributed by atoms with E-state index in [9.17, 15) is 18.0 Å². The minimum absolute atomic E-state index is 0.0514. The molecule has 0 bridgehead atoms. The van der Waals surface area contributed by atoms with E-state index in [1.165, 1.54) is 18.2 Å². The molecule has 1 heterocycles. The van der Waals surface area contributed by atoms with E-state index < -0.39 is 17.6 Å². The van der Waals surface area contributed by atoms with Crippen molar-refractivity contribution in [2.75, 3.05) is 0 Å². The number of ether oxygens (including phenoxy) is 1. The smallest absolute Gasteiger partial charge is 0.416 e. The fourth-order valence-electron chi connectivity index (χ4n) is 2.38. The Hall–Kier alpha value is -3.46. The number of benzene rings is 2. The van der Waals surface area contributed by atoms with Gasteiger partial charge in [-0.25, -0.2) is 9.97 Å². The van der Waals surface area contributed by atoms with Crippen molar-refractivity contribution in [2.24, 2.45) is 11.5 Å². The number of nitrogens with zero attached hydrogens (tertiary/aromatic N) is 2. The Balaban J connectivity index is 1.80. The Bertz CT molecular complexity index is 988. The molecule has 0 saturated heterocycles. The van der Waals surface area contributed by atoms with E-state index in [1.54, 1.807) is 24.3 Å². The predicted octanol–water partition coefficient (Wildman–Crippen LogP) is 3.51. The van der Waals surface area contributed by atoms with E-state index >= 15 is 0 Å². The lowest BCUT2D eigenvalue weighted by molar-refractivity contribution is -0.137. The fourth-order valence-corrected chi connectivity index (χ4v) is 2.38. The molecule has 3 rings (SSSR count). The van der Waals surface area contributed by atoms with Crippen LogP contribution in [0.15, 0.2) is 54.6 Å². The van der Waals surface area contributed by atoms with Crippen LogP contribution in [0.1, 0.15) is 21.7 Å². The predicted molar refractivity (Wildman–Crippen MR) is 95.4 cm³/mol. The summed E-state index contributed by atoms with van der Waals surface area (Å²) in [5, 5.41) is 0. The molecule has 0 radical (unpaired) electrons. The summed E-state index contributed by atoms with van der Waals surface area (Å²) in [5.41, 5.74) is 11.2. The third-order valence-electron chi connectivity index (χ3n) is 3.77. The number of aromatic nitrogens is 2. The van der Waals surface area contributed by atoms with Crippen LogP contribution in [0.5, 0.6) is 11.5 Å². The summed E-state index contributed by atoms with van der Waals surface area (Å²) in [4.78, 5) is 19.8. The second-order valence-corrected chi connectivity index (χ2v) is 5.79. The molecule has 0 spiro atoms. The van der Waals surface area contributed by atoms with Crippen molar-refractivity contribution in [1.82, 2.24) is 9.97 Å². The van der Waals surface area contributed by atoms with Crippen molar-refractivity contribution >= 4 is 5.91 Å². The number of carbonyl (C=O) groups is 1. The van der Waals surface area contributed by atoms with Gasteiger partial charge in [-0.1, -0.05) is 0 Å². The number of hydrogen-bond acceptors (Lipinski definition) is 5. The molecule has 4 N–H and O–H groups in total. The first kappa shape index (κ1) is 19.3. The summed E-state index contributed by atoms with van der Waals surface area (Å²) in [5.74, 6) is 0.255. The van der Waals surface area contributed by atoms with Gasteiger partial charge in [0.05, 0.1) is 11.3 Å². The van der Waals surface area contributed by atoms with Gasteiger partial charge in [-0.15, -0.1) is 0 Å². The van der Waals surface area contributed by atoms with Gasteiger partial charge in [0, 0.05) is 12.1 Å². The van der Waals surface area contributed by atoms with Crippen LogP contribution in [0.4, 0.5) is 13.2 Å². The van der Waals surface area contributed by atoms with Crippen LogP contribution in [0.2, 0.25) is 0 Å². The number of hydrogen-bond donors (Lipinski definition) is 2. The Morgan fingerprint density at radius 2 is 1.54 bits per heavy atom. The minimum atomic E-state index is -4.40. The first-order valence-corrected chi connectivity index (χ1v) is 8.09. The highest BCUT2D eigenvalue weighted by molar-refractivity contribution is 5.91. The van der Waals surface area contributed by atoms with Crippen molar-refractivity contribution in [3.05, 3.63) is 71.5 Å². The Morgan fingerprint density at radius 3 is 2.04 bits per heavy atom. The van der Waals surface area contributed by atoms with Crippen LogP contribution in [0, 0.1) is 0 Å². The lowest BCUT2D eigenvalue weighted by atomic mass is 10.2. The molecule has 0 saturated carbocycles. The number of primary amides is 1. The SMILES string of the molecule is NCc1cc(C(N)=O)nc(-c2ccc(Oc3ccc(C(F)(F)F)cc3)cc2)n1. The molecule has 0 aliphatic heterocycles. The van der Waals surface area contributed by atoms with Crippen molar-refractivity contribution in [1.29, 1.82) is 0 Å². The van der Waals surface area contributed by atoms with Gasteiger partial charge in [-0.05, 0) is 54.6 Å². The van der Waals surface area contributed by atoms with Crippen LogP contribution in [-0.4, -0.2) is 15.9 Å². The second kappa shape index (κ2) is 7.65. The summed E-state index contributed by atoms with van der Waals surface area (Å²) in [6.07, 6.45) is -4.40. The van der Waals surface area contributed by atoms with Crippen LogP contribution < -0.4 is 16.2 Å². The molecule has 1 amide bonds. The molecule has 2 aromatic carbocycles. The first-order chi connectivity index (χ1) is 13.3. The average molecular weight is 388 g/mol. The normalized spacial score (nSPS) is 11.3. The highest BCUT2D eigenvalue weighted by Crippen LogP contribution is 2.31. The van der Waals surface area contributed by atoms with Gasteiger partial charge >= 0.3 is 6.18 Å². The molecule has 3 aromatic rings. The molecule has 0 fully saturated rings. The van der Waals surface area contributed by atoms with Crippen molar-refractivity contribution in [3.8, 4) is 22.9 Å². The zero-order valence-corrected chi connectivity index (χ0v) is 14.4. The van der Waals surface area contributed by atoms with Crippen LogP contribution in [0.3, 0.4) is 0 Å². The van der Waals surface area contributed by atoms with Gasteiger partial charge in [-0.3, -0.25) is 4.79 Å². The van der Waals surface area contributed by atoms with Gasteiger partial charge in [0.15, 0.2) is 5.82 Å². The van der Waals surface area contributed by atoms with Crippen molar-refractivity contribution in [3.63, 3.8) is 0 Å². The number of rotatable bonds is 5. The van der Waals surface area contributed by atoms with Gasteiger partial charge in [-0.2, -0.15) is 13.2 Å². The summed E-state index contributed by atoms with van der Waals surface area (Å²) >= 11 is 0. The van der Waals surface area contributed by atoms with E-state index in [0.29, 0.717) is 17.0 Å². The Kier molecular flexibility index (Phi) is 5.27. The van der Waals surface area contributed by atoms with Crippen LogP contribution in [0.25, 0.3) is 11.4 Å². The van der Waals surface area contributed by atoms with Crippen LogP contribution in [-0.2, 0) is 12.7 Å². The molecule has 144 valence electrons. The number of nitrogens with two attached hydrogens (primary N) is 2. The van der Waals surface area contributed by atoms with Gasteiger partial charge in [0.1, 0.15) is 17.2 Å². The van der Waals surface area contributed by atoms with Gasteiger partial charge in [0.25, 0.3) is 5.91 Å². The Labute approximate surface area is 158 Å². The molecule has 0 atom stereocenters.